The number of hydrogen-bond donors (Lipinski definition) is 1. The molecule has 7 nitrogen and oxygen atoms in total. The van der Waals surface area contributed by atoms with Gasteiger partial charge in [0.1, 0.15) is 17.2 Å². The highest BCUT2D eigenvalue weighted by molar-refractivity contribution is 5.75. The van der Waals surface area contributed by atoms with E-state index in [1.807, 2.05) is 78.2 Å². The van der Waals surface area contributed by atoms with Gasteiger partial charge in [-0.2, -0.15) is 4.68 Å². The van der Waals surface area contributed by atoms with Crippen LogP contribution in [0.4, 0.5) is 0 Å². The quantitative estimate of drug-likeness (QED) is 0.420. The molecule has 174 valence electrons. The van der Waals surface area contributed by atoms with E-state index in [1.165, 1.54) is 0 Å². The Bertz CT molecular complexity index is 1630. The number of aromatic nitrogens is 6. The maximum atomic E-state index is 13.6. The number of aromatic amines is 1. The highest BCUT2D eigenvalue weighted by atomic mass is 16.1. The summed E-state index contributed by atoms with van der Waals surface area (Å²) < 4.78 is 3.48. The molecule has 0 atom stereocenters. The van der Waals surface area contributed by atoms with Crippen LogP contribution in [0, 0.1) is 0 Å². The topological polar surface area (TPSA) is 81.4 Å². The van der Waals surface area contributed by atoms with Crippen molar-refractivity contribution in [1.82, 2.24) is 29.8 Å². The average Bonchev–Trinajstić information content (AvgIpc) is 3.54. The van der Waals surface area contributed by atoms with Crippen LogP contribution in [-0.4, -0.2) is 29.8 Å². The number of H-pyrrole nitrogens is 1. The first-order valence-corrected chi connectivity index (χ1v) is 11.6. The predicted molar refractivity (Wildman–Crippen MR) is 137 cm³/mol. The number of imidazole rings is 1. The second-order valence-corrected chi connectivity index (χ2v) is 8.31. The van der Waals surface area contributed by atoms with Crippen LogP contribution >= 0.6 is 0 Å². The highest BCUT2D eigenvalue weighted by Crippen LogP contribution is 2.29. The van der Waals surface area contributed by atoms with Crippen LogP contribution < -0.4 is 16.4 Å². The van der Waals surface area contributed by atoms with Crippen molar-refractivity contribution in [3.05, 3.63) is 117 Å². The third kappa shape index (κ3) is 4.36. The summed E-state index contributed by atoms with van der Waals surface area (Å²) >= 11 is 0. The van der Waals surface area contributed by atoms with E-state index in [9.17, 15) is 4.79 Å². The second-order valence-electron chi connectivity index (χ2n) is 8.31. The molecule has 0 aliphatic heterocycles. The fraction of sp³-hybridized carbons (Fsp3) is 0.143. The Kier molecular flexibility index (Phi) is 6.22. The summed E-state index contributed by atoms with van der Waals surface area (Å²) in [4.78, 5) is 17.0. The summed E-state index contributed by atoms with van der Waals surface area (Å²) in [5.41, 5.74) is 6.66. The molecule has 0 spiro atoms. The molecule has 5 aromatic rings. The number of nitrogens with zero attached hydrogens (tertiary/aromatic N) is 5. The van der Waals surface area contributed by atoms with Gasteiger partial charge in [-0.25, -0.2) is 0 Å². The van der Waals surface area contributed by atoms with Crippen LogP contribution in [0.1, 0.15) is 31.4 Å². The van der Waals surface area contributed by atoms with Crippen LogP contribution in [-0.2, 0) is 6.54 Å². The number of benzene rings is 3. The maximum Gasteiger partial charge on any atom is 0.276 e. The van der Waals surface area contributed by atoms with Crippen LogP contribution in [0.25, 0.3) is 28.5 Å². The normalized spacial score (nSPS) is 12.7. The van der Waals surface area contributed by atoms with Gasteiger partial charge in [0.15, 0.2) is 0 Å². The van der Waals surface area contributed by atoms with Crippen molar-refractivity contribution in [3.63, 3.8) is 0 Å². The van der Waals surface area contributed by atoms with Gasteiger partial charge in [0.05, 0.1) is 12.2 Å². The molecule has 7 heteroatoms. The molecule has 0 aliphatic carbocycles. The van der Waals surface area contributed by atoms with Crippen LogP contribution in [0.3, 0.4) is 0 Å². The first kappa shape index (κ1) is 22.3. The standard InChI is InChI=1S/C28H26N6O/c1-3-11-26-30-27(20(2)21-12-5-4-6-13-21)28(35)33(26)18-22-14-7-8-15-23(22)24-16-9-10-17-25(24)34-19-29-31-32-34/h4-17,19,30H,3,18H2,1-2H3. The van der Waals surface area contributed by atoms with E-state index < -0.39 is 0 Å². The van der Waals surface area contributed by atoms with Crippen molar-refractivity contribution < 1.29 is 0 Å². The zero-order valence-corrected chi connectivity index (χ0v) is 19.7. The number of hydrogen-bond acceptors (Lipinski definition) is 4. The highest BCUT2D eigenvalue weighted by Gasteiger charge is 2.14. The molecule has 0 saturated heterocycles. The molecule has 0 radical (unpaired) electrons. The number of nitrogens with one attached hydrogen (secondary N) is 1. The van der Waals surface area contributed by atoms with Crippen molar-refractivity contribution in [1.29, 1.82) is 0 Å². The molecule has 35 heavy (non-hydrogen) atoms. The van der Waals surface area contributed by atoms with Crippen molar-refractivity contribution in [2.75, 3.05) is 0 Å². The lowest BCUT2D eigenvalue weighted by Gasteiger charge is -2.14. The fourth-order valence-electron chi connectivity index (χ4n) is 4.36. The van der Waals surface area contributed by atoms with Crippen LogP contribution in [0.2, 0.25) is 0 Å². The largest absolute Gasteiger partial charge is 0.337 e. The molecule has 0 bridgehead atoms. The van der Waals surface area contributed by atoms with Crippen molar-refractivity contribution in [2.24, 2.45) is 0 Å². The number of rotatable bonds is 6. The minimum Gasteiger partial charge on any atom is -0.337 e. The van der Waals surface area contributed by atoms with Crippen LogP contribution in [0.15, 0.2) is 90.0 Å². The van der Waals surface area contributed by atoms with E-state index in [0.29, 0.717) is 11.9 Å². The van der Waals surface area contributed by atoms with Gasteiger partial charge >= 0.3 is 0 Å². The van der Waals surface area contributed by atoms with Gasteiger partial charge < -0.3 is 4.98 Å². The van der Waals surface area contributed by atoms with Gasteiger partial charge in [-0.15, -0.1) is 5.10 Å². The Morgan fingerprint density at radius 3 is 2.40 bits per heavy atom. The van der Waals surface area contributed by atoms with Crippen LogP contribution in [0.5, 0.6) is 0 Å². The number of tetrazole rings is 1. The average molecular weight is 463 g/mol. The summed E-state index contributed by atoms with van der Waals surface area (Å²) in [6.07, 6.45) is 4.45. The predicted octanol–water partition coefficient (Wildman–Crippen LogP) is 3.28. The Labute approximate surface area is 202 Å². The molecule has 0 aliphatic rings. The summed E-state index contributed by atoms with van der Waals surface area (Å²) in [6, 6.07) is 26.1. The van der Waals surface area contributed by atoms with Gasteiger partial charge in [0.2, 0.25) is 0 Å². The Balaban J connectivity index is 1.66. The van der Waals surface area contributed by atoms with E-state index in [0.717, 1.165) is 45.4 Å². The zero-order chi connectivity index (χ0) is 24.2. The molecule has 5 rings (SSSR count). The summed E-state index contributed by atoms with van der Waals surface area (Å²) in [5.74, 6) is 0. The Morgan fingerprint density at radius 2 is 1.66 bits per heavy atom. The summed E-state index contributed by atoms with van der Waals surface area (Å²) in [6.45, 7) is 4.49. The zero-order valence-electron chi connectivity index (χ0n) is 19.7. The van der Waals surface area contributed by atoms with E-state index in [-0.39, 0.29) is 5.56 Å². The smallest absolute Gasteiger partial charge is 0.276 e. The minimum absolute atomic E-state index is 0.0328. The Hall–Kier alpha value is -4.52. The number of para-hydroxylation sites is 1. The van der Waals surface area contributed by atoms with Crippen molar-refractivity contribution in [3.8, 4) is 16.8 Å². The first-order valence-electron chi connectivity index (χ1n) is 11.6. The molecule has 0 saturated carbocycles. The van der Waals surface area contributed by atoms with E-state index in [2.05, 4.69) is 45.6 Å². The summed E-state index contributed by atoms with van der Waals surface area (Å²) in [7, 11) is 0. The monoisotopic (exact) mass is 462 g/mol. The lowest BCUT2D eigenvalue weighted by Crippen LogP contribution is -2.33. The minimum atomic E-state index is -0.0328. The third-order valence-electron chi connectivity index (χ3n) is 6.12. The Morgan fingerprint density at radius 1 is 0.943 bits per heavy atom. The van der Waals surface area contributed by atoms with Crippen molar-refractivity contribution in [2.45, 2.75) is 26.8 Å². The molecule has 0 amide bonds. The molecule has 0 unspecified atom stereocenters. The van der Waals surface area contributed by atoms with E-state index in [1.54, 1.807) is 11.0 Å². The maximum absolute atomic E-state index is 13.6. The van der Waals surface area contributed by atoms with Gasteiger partial charge in [0.25, 0.3) is 5.56 Å². The van der Waals surface area contributed by atoms with Gasteiger partial charge in [-0.1, -0.05) is 79.7 Å². The SMILES string of the molecule is CCC=c1[nH]c(=C(C)c2ccccc2)c(=O)n1Cc1ccccc1-c1ccccc1-n1cnnn1. The second kappa shape index (κ2) is 9.77. The van der Waals surface area contributed by atoms with Gasteiger partial charge in [-0.05, 0) is 58.2 Å². The molecule has 0 fully saturated rings. The van der Waals surface area contributed by atoms with Gasteiger partial charge in [-0.3, -0.25) is 9.36 Å². The first-order chi connectivity index (χ1) is 17.2. The lowest BCUT2D eigenvalue weighted by molar-refractivity contribution is 0.740. The third-order valence-corrected chi connectivity index (χ3v) is 6.12. The molecular weight excluding hydrogens is 436 g/mol. The molecule has 3 aromatic carbocycles. The van der Waals surface area contributed by atoms with E-state index in [4.69, 9.17) is 0 Å². The summed E-state index contributed by atoms with van der Waals surface area (Å²) in [5, 5.41) is 12.3. The van der Waals surface area contributed by atoms with Gasteiger partial charge in [0, 0.05) is 5.56 Å². The van der Waals surface area contributed by atoms with Crippen molar-refractivity contribution >= 4 is 11.6 Å². The molecular formula is C28H26N6O. The molecule has 1 N–H and O–H groups in total. The fourth-order valence-corrected chi connectivity index (χ4v) is 4.36. The lowest BCUT2D eigenvalue weighted by atomic mass is 9.98. The molecule has 2 heterocycles. The van der Waals surface area contributed by atoms with E-state index >= 15 is 0 Å². The molecule has 2 aromatic heterocycles.